The van der Waals surface area contributed by atoms with Crippen LogP contribution < -0.4 is 10.6 Å². The average molecular weight is 578 g/mol. The van der Waals surface area contributed by atoms with Crippen LogP contribution in [0.1, 0.15) is 66.2 Å². The fourth-order valence-corrected chi connectivity index (χ4v) is 5.82. The van der Waals surface area contributed by atoms with Crippen LogP contribution in [0.15, 0.2) is 36.7 Å². The summed E-state index contributed by atoms with van der Waals surface area (Å²) < 4.78 is 56.0. The molecular formula is C29H38F3N5O4. The van der Waals surface area contributed by atoms with Crippen molar-refractivity contribution in [2.75, 3.05) is 45.3 Å². The standard InChI is InChI=1S/C29H38F3N5O4/c1-39-26-17-40-14-11-23(26)36-21-9-12-37(13-10-21)28(38)24-15-27(35-18-34-24)33-16-22-3-2-4-25(41-22)19-5-7-20(8-6-19)29(30,31)32/h5-8,15,18,21-23,25-26,36H,2-4,9-14,16-17H2,1H3,(H,33,34,35)/t22?,23-,25+,26+/m1/s1. The smallest absolute Gasteiger partial charge is 0.379 e. The topological polar surface area (TPSA) is 97.8 Å². The average Bonchev–Trinajstić information content (AvgIpc) is 3.00. The molecule has 3 aliphatic heterocycles. The molecule has 4 heterocycles. The number of anilines is 1. The summed E-state index contributed by atoms with van der Waals surface area (Å²) in [5.74, 6) is 0.413. The van der Waals surface area contributed by atoms with Crippen LogP contribution in [0.5, 0.6) is 0 Å². The molecule has 0 saturated carbocycles. The van der Waals surface area contributed by atoms with E-state index in [-0.39, 0.29) is 30.3 Å². The van der Waals surface area contributed by atoms with Gasteiger partial charge in [0.05, 0.1) is 30.5 Å². The number of ether oxygens (including phenoxy) is 3. The molecule has 0 spiro atoms. The van der Waals surface area contributed by atoms with Crippen molar-refractivity contribution in [3.8, 4) is 0 Å². The molecule has 4 atom stereocenters. The van der Waals surface area contributed by atoms with Gasteiger partial charge in [0.15, 0.2) is 0 Å². The van der Waals surface area contributed by atoms with E-state index in [1.165, 1.54) is 18.5 Å². The second-order valence-electron chi connectivity index (χ2n) is 10.9. The Morgan fingerprint density at radius 2 is 1.88 bits per heavy atom. The number of methoxy groups -OCH3 is 1. The van der Waals surface area contributed by atoms with Crippen molar-refractivity contribution >= 4 is 11.7 Å². The molecular weight excluding hydrogens is 539 g/mol. The van der Waals surface area contributed by atoms with E-state index in [9.17, 15) is 18.0 Å². The molecule has 3 saturated heterocycles. The molecule has 9 nitrogen and oxygen atoms in total. The highest BCUT2D eigenvalue weighted by Gasteiger charge is 2.32. The van der Waals surface area contributed by atoms with E-state index in [1.807, 2.05) is 4.90 Å². The molecule has 12 heteroatoms. The number of hydrogen-bond acceptors (Lipinski definition) is 8. The lowest BCUT2D eigenvalue weighted by Crippen LogP contribution is -2.54. The Morgan fingerprint density at radius 1 is 1.10 bits per heavy atom. The number of benzene rings is 1. The Hall–Kier alpha value is -2.80. The molecule has 5 rings (SSSR count). The van der Waals surface area contributed by atoms with Gasteiger partial charge in [-0.05, 0) is 56.2 Å². The van der Waals surface area contributed by atoms with Crippen LogP contribution in [-0.2, 0) is 20.4 Å². The highest BCUT2D eigenvalue weighted by Crippen LogP contribution is 2.34. The number of alkyl halides is 3. The number of rotatable bonds is 8. The number of piperidine rings is 1. The zero-order chi connectivity index (χ0) is 28.8. The molecule has 1 aromatic heterocycles. The summed E-state index contributed by atoms with van der Waals surface area (Å²) in [5.41, 5.74) is 0.411. The van der Waals surface area contributed by atoms with Crippen LogP contribution in [-0.4, -0.2) is 85.0 Å². The Bertz CT molecular complexity index is 1140. The van der Waals surface area contributed by atoms with Gasteiger partial charge in [-0.1, -0.05) is 12.1 Å². The molecule has 3 fully saturated rings. The lowest BCUT2D eigenvalue weighted by atomic mass is 9.97. The van der Waals surface area contributed by atoms with Crippen molar-refractivity contribution in [1.29, 1.82) is 0 Å². The first kappa shape index (κ1) is 29.7. The van der Waals surface area contributed by atoms with Gasteiger partial charge in [-0.3, -0.25) is 4.79 Å². The van der Waals surface area contributed by atoms with E-state index in [4.69, 9.17) is 14.2 Å². The second-order valence-corrected chi connectivity index (χ2v) is 10.9. The zero-order valence-corrected chi connectivity index (χ0v) is 23.2. The third-order valence-corrected chi connectivity index (χ3v) is 8.19. The van der Waals surface area contributed by atoms with Crippen molar-refractivity contribution in [3.63, 3.8) is 0 Å². The summed E-state index contributed by atoms with van der Waals surface area (Å²) in [6.07, 6.45) is 1.77. The molecule has 0 bridgehead atoms. The third-order valence-electron chi connectivity index (χ3n) is 8.19. The van der Waals surface area contributed by atoms with Gasteiger partial charge < -0.3 is 29.7 Å². The van der Waals surface area contributed by atoms with Crippen LogP contribution in [0.25, 0.3) is 0 Å². The quantitative estimate of drug-likeness (QED) is 0.482. The van der Waals surface area contributed by atoms with Gasteiger partial charge in [-0.25, -0.2) is 9.97 Å². The van der Waals surface area contributed by atoms with Crippen molar-refractivity contribution in [2.24, 2.45) is 0 Å². The molecule has 2 aromatic rings. The molecule has 3 aliphatic rings. The first-order chi connectivity index (χ1) is 19.8. The molecule has 224 valence electrons. The molecule has 41 heavy (non-hydrogen) atoms. The number of nitrogens with zero attached hydrogens (tertiary/aromatic N) is 3. The minimum absolute atomic E-state index is 0.0464. The fourth-order valence-electron chi connectivity index (χ4n) is 5.82. The molecule has 1 aromatic carbocycles. The van der Waals surface area contributed by atoms with Gasteiger partial charge in [0.2, 0.25) is 0 Å². The SMILES string of the molecule is CO[C@H]1COCC[C@H]1NC1CCN(C(=O)c2cc(NCC3CCC[C@@H](c4ccc(C(F)(F)F)cc4)O3)ncn2)CC1. The number of hydrogen-bond donors (Lipinski definition) is 2. The predicted octanol–water partition coefficient (Wildman–Crippen LogP) is 4.22. The zero-order valence-electron chi connectivity index (χ0n) is 23.2. The maximum absolute atomic E-state index is 13.2. The van der Waals surface area contributed by atoms with Crippen LogP contribution in [0.2, 0.25) is 0 Å². The first-order valence-electron chi connectivity index (χ1n) is 14.3. The number of amides is 1. The van der Waals surface area contributed by atoms with Crippen LogP contribution in [0, 0.1) is 0 Å². The molecule has 2 N–H and O–H groups in total. The summed E-state index contributed by atoms with van der Waals surface area (Å²) in [6.45, 7) is 3.08. The highest BCUT2D eigenvalue weighted by molar-refractivity contribution is 5.93. The Kier molecular flexibility index (Phi) is 9.74. The largest absolute Gasteiger partial charge is 0.416 e. The summed E-state index contributed by atoms with van der Waals surface area (Å²) in [6, 6.07) is 7.43. The Balaban J connectivity index is 1.10. The minimum Gasteiger partial charge on any atom is -0.379 e. The van der Waals surface area contributed by atoms with E-state index in [0.29, 0.717) is 43.8 Å². The number of carbonyl (C=O) groups excluding carboxylic acids is 1. The van der Waals surface area contributed by atoms with Gasteiger partial charge in [-0.15, -0.1) is 0 Å². The van der Waals surface area contributed by atoms with Crippen molar-refractivity contribution in [1.82, 2.24) is 20.2 Å². The van der Waals surface area contributed by atoms with Gasteiger partial charge in [0.25, 0.3) is 5.91 Å². The number of halogens is 3. The highest BCUT2D eigenvalue weighted by atomic mass is 19.4. The van der Waals surface area contributed by atoms with Gasteiger partial charge >= 0.3 is 6.18 Å². The lowest BCUT2D eigenvalue weighted by molar-refractivity contribution is -0.137. The first-order valence-corrected chi connectivity index (χ1v) is 14.3. The summed E-state index contributed by atoms with van der Waals surface area (Å²) >= 11 is 0. The minimum atomic E-state index is -4.36. The third kappa shape index (κ3) is 7.73. The Labute approximate surface area is 238 Å². The van der Waals surface area contributed by atoms with E-state index >= 15 is 0 Å². The number of likely N-dealkylation sites (tertiary alicyclic amines) is 1. The van der Waals surface area contributed by atoms with E-state index < -0.39 is 11.7 Å². The number of nitrogens with one attached hydrogen (secondary N) is 2. The molecule has 0 aliphatic carbocycles. The summed E-state index contributed by atoms with van der Waals surface area (Å²) in [7, 11) is 1.71. The monoisotopic (exact) mass is 577 g/mol. The predicted molar refractivity (Wildman–Crippen MR) is 146 cm³/mol. The van der Waals surface area contributed by atoms with Crippen molar-refractivity contribution in [3.05, 3.63) is 53.5 Å². The maximum atomic E-state index is 13.2. The molecule has 1 unspecified atom stereocenters. The van der Waals surface area contributed by atoms with E-state index in [1.54, 1.807) is 13.2 Å². The Morgan fingerprint density at radius 3 is 2.61 bits per heavy atom. The number of carbonyl (C=O) groups is 1. The van der Waals surface area contributed by atoms with Crippen LogP contribution in [0.4, 0.5) is 19.0 Å². The molecule has 0 radical (unpaired) electrons. The van der Waals surface area contributed by atoms with E-state index in [0.717, 1.165) is 62.8 Å². The number of aromatic nitrogens is 2. The maximum Gasteiger partial charge on any atom is 0.416 e. The van der Waals surface area contributed by atoms with Crippen molar-refractivity contribution in [2.45, 2.75) is 75.1 Å². The normalized spacial score (nSPS) is 26.1. The lowest BCUT2D eigenvalue weighted by Gasteiger charge is -2.38. The van der Waals surface area contributed by atoms with Crippen LogP contribution >= 0.6 is 0 Å². The van der Waals surface area contributed by atoms with Crippen molar-refractivity contribution < 1.29 is 32.2 Å². The van der Waals surface area contributed by atoms with E-state index in [2.05, 4.69) is 20.6 Å². The van der Waals surface area contributed by atoms with Gasteiger partial charge in [0.1, 0.15) is 17.8 Å². The second kappa shape index (κ2) is 13.5. The molecule has 1 amide bonds. The fraction of sp³-hybridized carbons (Fsp3) is 0.621. The van der Waals surface area contributed by atoms with Crippen LogP contribution in [0.3, 0.4) is 0 Å². The summed E-state index contributed by atoms with van der Waals surface area (Å²) in [5, 5.41) is 6.95. The summed E-state index contributed by atoms with van der Waals surface area (Å²) in [4.78, 5) is 23.5. The van der Waals surface area contributed by atoms with Gasteiger partial charge in [-0.2, -0.15) is 13.2 Å². The van der Waals surface area contributed by atoms with Gasteiger partial charge in [0, 0.05) is 51.5 Å².